The molecule has 1 unspecified atom stereocenters. The lowest BCUT2D eigenvalue weighted by atomic mass is 9.80. The first kappa shape index (κ1) is 16.7. The maximum Gasteiger partial charge on any atom is 0.168 e. The molecule has 1 aromatic carbocycles. The number of aryl methyl sites for hydroxylation is 2. The number of oxime groups is 1. The van der Waals surface area contributed by atoms with Crippen molar-refractivity contribution in [2.75, 3.05) is 6.61 Å². The summed E-state index contributed by atoms with van der Waals surface area (Å²) in [5.41, 5.74) is 4.91. The number of nitrogens with zero attached hydrogens (tertiary/aromatic N) is 1. The van der Waals surface area contributed by atoms with Crippen molar-refractivity contribution in [2.24, 2.45) is 5.16 Å². The van der Waals surface area contributed by atoms with E-state index >= 15 is 0 Å². The third-order valence-electron chi connectivity index (χ3n) is 4.96. The van der Waals surface area contributed by atoms with Crippen LogP contribution in [0.15, 0.2) is 34.7 Å². The van der Waals surface area contributed by atoms with E-state index in [1.165, 1.54) is 17.5 Å². The van der Waals surface area contributed by atoms with Gasteiger partial charge in [0, 0.05) is 12.8 Å². The first-order chi connectivity index (χ1) is 11.6. The summed E-state index contributed by atoms with van der Waals surface area (Å²) in [6.45, 7) is 4.21. The van der Waals surface area contributed by atoms with Gasteiger partial charge >= 0.3 is 0 Å². The first-order valence-corrected chi connectivity index (χ1v) is 8.90. The van der Waals surface area contributed by atoms with Gasteiger partial charge in [-0.05, 0) is 55.2 Å². The summed E-state index contributed by atoms with van der Waals surface area (Å²) in [5, 5.41) is 14.5. The molecule has 4 nitrogen and oxygen atoms in total. The molecule has 3 rings (SSSR count). The van der Waals surface area contributed by atoms with Crippen LogP contribution in [0.2, 0.25) is 0 Å². The zero-order valence-corrected chi connectivity index (χ0v) is 14.5. The zero-order valence-electron chi connectivity index (χ0n) is 14.5. The molecule has 1 atom stereocenters. The maximum atomic E-state index is 12.6. The molecule has 0 aromatic heterocycles. The van der Waals surface area contributed by atoms with Crippen molar-refractivity contribution in [3.8, 4) is 0 Å². The zero-order chi connectivity index (χ0) is 17.1. The van der Waals surface area contributed by atoms with Gasteiger partial charge in [-0.2, -0.15) is 0 Å². The predicted molar refractivity (Wildman–Crippen MR) is 94.5 cm³/mol. The topological polar surface area (TPSA) is 58.9 Å². The van der Waals surface area contributed by atoms with Crippen molar-refractivity contribution < 1.29 is 14.7 Å². The predicted octanol–water partition coefficient (Wildman–Crippen LogP) is 4.24. The third kappa shape index (κ3) is 3.23. The molecule has 2 aliphatic carbocycles. The Kier molecular flexibility index (Phi) is 5.03. The van der Waals surface area contributed by atoms with Gasteiger partial charge in [0.15, 0.2) is 5.78 Å². The Morgan fingerprint density at radius 3 is 2.75 bits per heavy atom. The SMILES string of the molecule is CCON=C(CC)C1=C(O)CC(c2ccc3c(c2)CCC3)CC1=O. The maximum absolute atomic E-state index is 12.6. The molecule has 0 fully saturated rings. The molecule has 0 saturated carbocycles. The second-order valence-electron chi connectivity index (χ2n) is 6.54. The number of aliphatic hydroxyl groups is 1. The van der Waals surface area contributed by atoms with Crippen LogP contribution in [-0.2, 0) is 22.5 Å². The molecule has 1 N–H and O–H groups in total. The van der Waals surface area contributed by atoms with Crippen molar-refractivity contribution in [2.45, 2.75) is 58.3 Å². The quantitative estimate of drug-likeness (QED) is 0.650. The number of Topliss-reactive ketones (excluding diaryl/α,β-unsaturated/α-hetero) is 1. The molecular weight excluding hydrogens is 302 g/mol. The van der Waals surface area contributed by atoms with E-state index in [0.717, 1.165) is 18.4 Å². The standard InChI is InChI=1S/C20H25NO3/c1-3-17(21-24-4-2)20-18(22)11-16(12-19(20)23)15-9-8-13-6-5-7-14(13)10-15/h8-10,16,22H,3-7,11-12H2,1-2H3. The van der Waals surface area contributed by atoms with Crippen LogP contribution in [0.5, 0.6) is 0 Å². The summed E-state index contributed by atoms with van der Waals surface area (Å²) in [4.78, 5) is 17.7. The molecule has 1 aromatic rings. The average Bonchev–Trinajstić information content (AvgIpc) is 3.04. The van der Waals surface area contributed by atoms with Crippen LogP contribution in [0.4, 0.5) is 0 Å². The van der Waals surface area contributed by atoms with E-state index in [1.54, 1.807) is 0 Å². The van der Waals surface area contributed by atoms with E-state index in [9.17, 15) is 9.90 Å². The smallest absolute Gasteiger partial charge is 0.168 e. The highest BCUT2D eigenvalue weighted by Crippen LogP contribution is 2.36. The van der Waals surface area contributed by atoms with Gasteiger partial charge in [-0.25, -0.2) is 0 Å². The van der Waals surface area contributed by atoms with Gasteiger partial charge < -0.3 is 9.94 Å². The Labute approximate surface area is 143 Å². The van der Waals surface area contributed by atoms with Crippen molar-refractivity contribution in [1.29, 1.82) is 0 Å². The van der Waals surface area contributed by atoms with Gasteiger partial charge in [0.2, 0.25) is 0 Å². The Bertz CT molecular complexity index is 703. The van der Waals surface area contributed by atoms with Crippen molar-refractivity contribution in [1.82, 2.24) is 0 Å². The van der Waals surface area contributed by atoms with Crippen LogP contribution >= 0.6 is 0 Å². The first-order valence-electron chi connectivity index (χ1n) is 8.90. The van der Waals surface area contributed by atoms with E-state index < -0.39 is 0 Å². The number of aliphatic hydroxyl groups excluding tert-OH is 1. The Morgan fingerprint density at radius 1 is 1.25 bits per heavy atom. The molecular formula is C20H25NO3. The third-order valence-corrected chi connectivity index (χ3v) is 4.96. The van der Waals surface area contributed by atoms with Crippen LogP contribution in [0, 0.1) is 0 Å². The van der Waals surface area contributed by atoms with E-state index in [-0.39, 0.29) is 17.5 Å². The number of benzene rings is 1. The summed E-state index contributed by atoms with van der Waals surface area (Å²) in [5.74, 6) is 0.166. The normalized spacial score (nSPS) is 21.2. The summed E-state index contributed by atoms with van der Waals surface area (Å²) < 4.78 is 0. The number of ketones is 1. The summed E-state index contributed by atoms with van der Waals surface area (Å²) >= 11 is 0. The van der Waals surface area contributed by atoms with E-state index in [0.29, 0.717) is 37.2 Å². The minimum Gasteiger partial charge on any atom is -0.511 e. The molecule has 128 valence electrons. The number of fused-ring (bicyclic) bond motifs is 1. The minimum absolute atomic E-state index is 0.0375. The van der Waals surface area contributed by atoms with Crippen molar-refractivity contribution in [3.63, 3.8) is 0 Å². The molecule has 4 heteroatoms. The second-order valence-corrected chi connectivity index (χ2v) is 6.54. The van der Waals surface area contributed by atoms with Crippen LogP contribution < -0.4 is 0 Å². The van der Waals surface area contributed by atoms with Gasteiger partial charge in [0.25, 0.3) is 0 Å². The van der Waals surface area contributed by atoms with Gasteiger partial charge in [-0.1, -0.05) is 30.3 Å². The molecule has 2 aliphatic rings. The number of rotatable bonds is 5. The lowest BCUT2D eigenvalue weighted by molar-refractivity contribution is -0.116. The number of carbonyl (C=O) groups excluding carboxylic acids is 1. The second kappa shape index (κ2) is 7.20. The molecule has 0 bridgehead atoms. The molecule has 0 radical (unpaired) electrons. The van der Waals surface area contributed by atoms with Gasteiger partial charge in [-0.15, -0.1) is 0 Å². The fraction of sp³-hybridized carbons (Fsp3) is 0.500. The van der Waals surface area contributed by atoms with Crippen LogP contribution in [-0.4, -0.2) is 23.2 Å². The molecule has 0 spiro atoms. The molecule has 0 amide bonds. The fourth-order valence-electron chi connectivity index (χ4n) is 3.73. The lowest BCUT2D eigenvalue weighted by Crippen LogP contribution is -2.23. The molecule has 0 saturated heterocycles. The molecule has 0 heterocycles. The van der Waals surface area contributed by atoms with Crippen LogP contribution in [0.3, 0.4) is 0 Å². The van der Waals surface area contributed by atoms with Gasteiger partial charge in [0.1, 0.15) is 12.4 Å². The van der Waals surface area contributed by atoms with Gasteiger partial charge in [-0.3, -0.25) is 4.79 Å². The minimum atomic E-state index is -0.0375. The van der Waals surface area contributed by atoms with Crippen molar-refractivity contribution >= 4 is 11.5 Å². The highest BCUT2D eigenvalue weighted by molar-refractivity contribution is 6.23. The fourth-order valence-corrected chi connectivity index (χ4v) is 3.73. The largest absolute Gasteiger partial charge is 0.511 e. The van der Waals surface area contributed by atoms with E-state index in [1.807, 2.05) is 13.8 Å². The van der Waals surface area contributed by atoms with Crippen LogP contribution in [0.25, 0.3) is 0 Å². The highest BCUT2D eigenvalue weighted by Gasteiger charge is 2.31. The lowest BCUT2D eigenvalue weighted by Gasteiger charge is -2.24. The van der Waals surface area contributed by atoms with Crippen molar-refractivity contribution in [3.05, 3.63) is 46.2 Å². The van der Waals surface area contributed by atoms with E-state index in [4.69, 9.17) is 4.84 Å². The number of allylic oxidation sites excluding steroid dienone is 2. The number of carbonyl (C=O) groups is 1. The molecule has 24 heavy (non-hydrogen) atoms. The Balaban J connectivity index is 1.85. The summed E-state index contributed by atoms with van der Waals surface area (Å²) in [7, 11) is 0. The van der Waals surface area contributed by atoms with Gasteiger partial charge in [0.05, 0.1) is 11.3 Å². The Morgan fingerprint density at radius 2 is 2.04 bits per heavy atom. The summed E-state index contributed by atoms with van der Waals surface area (Å²) in [6, 6.07) is 6.54. The summed E-state index contributed by atoms with van der Waals surface area (Å²) in [6.07, 6.45) is 4.97. The van der Waals surface area contributed by atoms with E-state index in [2.05, 4.69) is 23.4 Å². The average molecular weight is 327 g/mol. The number of hydrogen-bond donors (Lipinski definition) is 1. The van der Waals surface area contributed by atoms with Crippen LogP contribution in [0.1, 0.15) is 62.1 Å². The highest BCUT2D eigenvalue weighted by atomic mass is 16.6. The monoisotopic (exact) mass is 327 g/mol. The Hall–Kier alpha value is -2.10. The molecule has 0 aliphatic heterocycles. The number of hydrogen-bond acceptors (Lipinski definition) is 4.